The fraction of sp³-hybridized carbons (Fsp3) is 0.552. The van der Waals surface area contributed by atoms with Crippen LogP contribution in [-0.4, -0.2) is 24.5 Å². The maximum absolute atomic E-state index is 13.7. The normalized spacial score (nSPS) is 16.6. The number of alkyl halides is 6. The molecular formula is C29H34F6N2. The second kappa shape index (κ2) is 12.3. The summed E-state index contributed by atoms with van der Waals surface area (Å²) in [7, 11) is 0. The summed E-state index contributed by atoms with van der Waals surface area (Å²) in [6, 6.07) is 14.6. The van der Waals surface area contributed by atoms with Crippen LogP contribution in [0.15, 0.2) is 48.5 Å². The Labute approximate surface area is 215 Å². The van der Waals surface area contributed by atoms with Crippen LogP contribution in [0.25, 0.3) is 0 Å². The summed E-state index contributed by atoms with van der Waals surface area (Å²) in [5, 5.41) is 10.4. The van der Waals surface area contributed by atoms with Gasteiger partial charge in [0, 0.05) is 6.54 Å². The second-order valence-electron chi connectivity index (χ2n) is 10.0. The molecule has 1 atom stereocenters. The number of nitriles is 1. The van der Waals surface area contributed by atoms with Crippen molar-refractivity contribution in [2.24, 2.45) is 5.92 Å². The summed E-state index contributed by atoms with van der Waals surface area (Å²) in [5.41, 5.74) is -3.42. The molecule has 0 spiro atoms. The van der Waals surface area contributed by atoms with Crippen molar-refractivity contribution in [3.05, 3.63) is 70.8 Å². The van der Waals surface area contributed by atoms with Crippen molar-refractivity contribution < 1.29 is 26.3 Å². The van der Waals surface area contributed by atoms with Gasteiger partial charge in [-0.1, -0.05) is 56.2 Å². The van der Waals surface area contributed by atoms with Crippen LogP contribution in [0.2, 0.25) is 0 Å². The van der Waals surface area contributed by atoms with Crippen LogP contribution >= 0.6 is 0 Å². The Bertz CT molecular complexity index is 1040. The fourth-order valence-corrected chi connectivity index (χ4v) is 5.68. The first-order chi connectivity index (χ1) is 17.5. The number of nitrogens with zero attached hydrogens (tertiary/aromatic N) is 2. The Balaban J connectivity index is 1.86. The van der Waals surface area contributed by atoms with Gasteiger partial charge in [-0.05, 0) is 80.8 Å². The smallest absolute Gasteiger partial charge is 0.303 e. The van der Waals surface area contributed by atoms with E-state index in [-0.39, 0.29) is 11.5 Å². The van der Waals surface area contributed by atoms with Gasteiger partial charge >= 0.3 is 12.4 Å². The predicted molar refractivity (Wildman–Crippen MR) is 132 cm³/mol. The van der Waals surface area contributed by atoms with Gasteiger partial charge in [0.1, 0.15) is 0 Å². The van der Waals surface area contributed by atoms with Crippen LogP contribution in [0.3, 0.4) is 0 Å². The fourth-order valence-electron chi connectivity index (χ4n) is 5.68. The zero-order valence-corrected chi connectivity index (χ0v) is 21.1. The molecule has 0 aromatic heterocycles. The third kappa shape index (κ3) is 7.28. The quantitative estimate of drug-likeness (QED) is 0.276. The summed E-state index contributed by atoms with van der Waals surface area (Å²) < 4.78 is 81.3. The maximum atomic E-state index is 13.7. The summed E-state index contributed by atoms with van der Waals surface area (Å²) >= 11 is 0. The van der Waals surface area contributed by atoms with Crippen molar-refractivity contribution in [2.45, 2.75) is 76.1 Å². The lowest BCUT2D eigenvalue weighted by molar-refractivity contribution is -0.162. The molecule has 0 radical (unpaired) electrons. The first-order valence-electron chi connectivity index (χ1n) is 13.0. The van der Waals surface area contributed by atoms with Crippen molar-refractivity contribution in [3.8, 4) is 6.07 Å². The van der Waals surface area contributed by atoms with Gasteiger partial charge in [-0.25, -0.2) is 0 Å². The first-order valence-corrected chi connectivity index (χ1v) is 13.0. The molecule has 1 unspecified atom stereocenters. The van der Waals surface area contributed by atoms with Crippen molar-refractivity contribution in [2.75, 3.05) is 19.6 Å². The molecule has 1 fully saturated rings. The lowest BCUT2D eigenvalue weighted by atomic mass is 9.67. The van der Waals surface area contributed by atoms with Gasteiger partial charge in [0.2, 0.25) is 0 Å². The zero-order chi connectivity index (χ0) is 27.1. The molecular weight excluding hydrogens is 490 g/mol. The van der Waals surface area contributed by atoms with Gasteiger partial charge < -0.3 is 4.90 Å². The van der Waals surface area contributed by atoms with Crippen molar-refractivity contribution in [1.29, 1.82) is 5.26 Å². The minimum absolute atomic E-state index is 0.0496. The van der Waals surface area contributed by atoms with Crippen LogP contribution in [0.1, 0.15) is 74.1 Å². The highest BCUT2D eigenvalue weighted by atomic mass is 19.4. The Hall–Kier alpha value is -2.53. The van der Waals surface area contributed by atoms with E-state index in [1.54, 1.807) is 0 Å². The van der Waals surface area contributed by atoms with E-state index in [4.69, 9.17) is 0 Å². The Morgan fingerprint density at radius 2 is 1.51 bits per heavy atom. The minimum Gasteiger partial charge on any atom is -0.303 e. The molecule has 0 bridgehead atoms. The molecule has 0 heterocycles. The molecule has 0 amide bonds. The number of benzene rings is 2. The molecule has 0 saturated heterocycles. The molecule has 37 heavy (non-hydrogen) atoms. The van der Waals surface area contributed by atoms with E-state index in [1.807, 2.05) is 18.2 Å². The van der Waals surface area contributed by atoms with Crippen molar-refractivity contribution in [1.82, 2.24) is 4.90 Å². The molecule has 0 N–H and O–H groups in total. The average Bonchev–Trinajstić information content (AvgIpc) is 3.40. The van der Waals surface area contributed by atoms with Gasteiger partial charge in [0.25, 0.3) is 0 Å². The molecule has 202 valence electrons. The topological polar surface area (TPSA) is 27.0 Å². The highest BCUT2D eigenvalue weighted by molar-refractivity contribution is 5.43. The Kier molecular flexibility index (Phi) is 9.68. The van der Waals surface area contributed by atoms with E-state index in [2.05, 4.69) is 30.0 Å². The second-order valence-corrected chi connectivity index (χ2v) is 10.0. The standard InChI is InChI=1S/C29H34F6N2/c1-2-17-37(19-15-22-9-4-3-5-10-22)18-8-16-27(21-36,23-11-6-7-12-23)24-13-14-25(28(30,31)32)26(20-24)29(33,34)35/h3-5,9-10,13-14,20,23H,2,6-8,11-12,15-19H2,1H3. The van der Waals surface area contributed by atoms with Crippen LogP contribution in [0.5, 0.6) is 0 Å². The number of rotatable bonds is 11. The summed E-state index contributed by atoms with van der Waals surface area (Å²) in [6.45, 7) is 4.42. The molecule has 1 aliphatic rings. The van der Waals surface area contributed by atoms with Crippen LogP contribution in [-0.2, 0) is 24.2 Å². The molecule has 0 aliphatic heterocycles. The lowest BCUT2D eigenvalue weighted by Crippen LogP contribution is -2.35. The number of hydrogen-bond acceptors (Lipinski definition) is 2. The third-order valence-corrected chi connectivity index (χ3v) is 7.54. The van der Waals surface area contributed by atoms with Crippen LogP contribution in [0.4, 0.5) is 26.3 Å². The molecule has 2 nitrogen and oxygen atoms in total. The first kappa shape index (κ1) is 29.0. The third-order valence-electron chi connectivity index (χ3n) is 7.54. The predicted octanol–water partition coefficient (Wildman–Crippen LogP) is 8.41. The number of halogens is 6. The SMILES string of the molecule is CCCN(CCCC(C#N)(c1ccc(C(F)(F)F)c(C(F)(F)F)c1)C1CCCC1)CCc1ccccc1. The van der Waals surface area contributed by atoms with Gasteiger partial charge in [-0.15, -0.1) is 0 Å². The number of hydrogen-bond donors (Lipinski definition) is 0. The molecule has 3 rings (SSSR count). The monoisotopic (exact) mass is 524 g/mol. The maximum Gasteiger partial charge on any atom is 0.417 e. The summed E-state index contributed by atoms with van der Waals surface area (Å²) in [5.74, 6) is -0.181. The lowest BCUT2D eigenvalue weighted by Gasteiger charge is -2.35. The van der Waals surface area contributed by atoms with E-state index >= 15 is 0 Å². The van der Waals surface area contributed by atoms with E-state index in [9.17, 15) is 31.6 Å². The van der Waals surface area contributed by atoms with Crippen molar-refractivity contribution in [3.63, 3.8) is 0 Å². The molecule has 1 aliphatic carbocycles. The van der Waals surface area contributed by atoms with Gasteiger partial charge in [0.15, 0.2) is 0 Å². The van der Waals surface area contributed by atoms with Gasteiger partial charge in [0.05, 0.1) is 22.6 Å². The minimum atomic E-state index is -5.17. The summed E-state index contributed by atoms with van der Waals surface area (Å²) in [4.78, 5) is 2.29. The highest BCUT2D eigenvalue weighted by Gasteiger charge is 2.47. The van der Waals surface area contributed by atoms with E-state index in [1.165, 1.54) is 5.56 Å². The molecule has 8 heteroatoms. The molecule has 2 aromatic carbocycles. The Morgan fingerprint density at radius 1 is 0.865 bits per heavy atom. The Morgan fingerprint density at radius 3 is 2.08 bits per heavy atom. The van der Waals surface area contributed by atoms with Crippen LogP contribution in [0, 0.1) is 17.2 Å². The van der Waals surface area contributed by atoms with Crippen molar-refractivity contribution >= 4 is 0 Å². The van der Waals surface area contributed by atoms with E-state index < -0.39 is 28.9 Å². The highest BCUT2D eigenvalue weighted by Crippen LogP contribution is 2.48. The zero-order valence-electron chi connectivity index (χ0n) is 21.1. The van der Waals surface area contributed by atoms with Crippen LogP contribution < -0.4 is 0 Å². The van der Waals surface area contributed by atoms with E-state index in [0.29, 0.717) is 44.4 Å². The van der Waals surface area contributed by atoms with Gasteiger partial charge in [-0.2, -0.15) is 31.6 Å². The largest absolute Gasteiger partial charge is 0.417 e. The summed E-state index contributed by atoms with van der Waals surface area (Å²) in [6.07, 6.45) is -4.54. The van der Waals surface area contributed by atoms with Gasteiger partial charge in [-0.3, -0.25) is 0 Å². The van der Waals surface area contributed by atoms with E-state index in [0.717, 1.165) is 44.8 Å². The molecule has 2 aromatic rings. The molecule has 1 saturated carbocycles. The average molecular weight is 525 g/mol.